The molecule has 2 N–H and O–H groups in total. The summed E-state index contributed by atoms with van der Waals surface area (Å²) in [4.78, 5) is 37.8. The lowest BCUT2D eigenvalue weighted by molar-refractivity contribution is 0.0486. The molecule has 1 aliphatic rings. The molecule has 1 fully saturated rings. The summed E-state index contributed by atoms with van der Waals surface area (Å²) < 4.78 is 37.4. The van der Waals surface area contributed by atoms with Gasteiger partial charge < -0.3 is 24.6 Å². The molecular formula is C24H31F2N3O5. The number of aromatic nitrogens is 1. The number of ether oxygens (including phenoxy) is 1. The number of carbonyl (C=O) groups is 2. The molecule has 0 saturated carbocycles. The fraction of sp³-hybridized carbons (Fsp3) is 0.542. The van der Waals surface area contributed by atoms with Crippen LogP contribution in [0.25, 0.3) is 10.9 Å². The zero-order valence-corrected chi connectivity index (χ0v) is 20.1. The molecule has 34 heavy (non-hydrogen) atoms. The van der Waals surface area contributed by atoms with Crippen LogP contribution in [0.15, 0.2) is 17.1 Å². The van der Waals surface area contributed by atoms with Crippen LogP contribution in [0.4, 0.5) is 19.3 Å². The van der Waals surface area contributed by atoms with E-state index in [4.69, 9.17) is 4.74 Å². The SMILES string of the molecule is CC[C@H](NC(=O)OC(C)(C)C)[C@H]1CCN(c2c(F)cc3c(=O)c(C(=O)O)cn(CC)c3c2F)C1. The number of amides is 1. The molecule has 0 radical (unpaired) electrons. The zero-order chi connectivity index (χ0) is 25.4. The molecule has 0 unspecified atom stereocenters. The van der Waals surface area contributed by atoms with Crippen LogP contribution < -0.4 is 15.6 Å². The number of alkyl carbamates (subject to hydrolysis) is 1. The smallest absolute Gasteiger partial charge is 0.407 e. The minimum absolute atomic E-state index is 0.0604. The maximum atomic E-state index is 15.7. The van der Waals surface area contributed by atoms with Crippen molar-refractivity contribution in [2.45, 2.75) is 65.6 Å². The van der Waals surface area contributed by atoms with Crippen molar-refractivity contribution in [1.82, 2.24) is 9.88 Å². The van der Waals surface area contributed by atoms with E-state index in [2.05, 4.69) is 5.32 Å². The topological polar surface area (TPSA) is 101 Å². The largest absolute Gasteiger partial charge is 0.477 e. The quantitative estimate of drug-likeness (QED) is 0.646. The molecule has 3 rings (SSSR count). The summed E-state index contributed by atoms with van der Waals surface area (Å²) in [6.45, 7) is 9.76. The number of fused-ring (bicyclic) bond motifs is 1. The number of hydrogen-bond acceptors (Lipinski definition) is 5. The molecule has 1 aliphatic heterocycles. The normalized spacial score (nSPS) is 17.1. The molecule has 1 saturated heterocycles. The predicted octanol–water partition coefficient (Wildman–Crippen LogP) is 4.13. The van der Waals surface area contributed by atoms with E-state index in [0.29, 0.717) is 25.9 Å². The van der Waals surface area contributed by atoms with Gasteiger partial charge in [-0.05, 0) is 52.5 Å². The van der Waals surface area contributed by atoms with Gasteiger partial charge in [0.1, 0.15) is 22.7 Å². The van der Waals surface area contributed by atoms with Gasteiger partial charge in [-0.25, -0.2) is 18.4 Å². The van der Waals surface area contributed by atoms with E-state index in [9.17, 15) is 19.5 Å². The molecule has 8 nitrogen and oxygen atoms in total. The Kier molecular flexibility index (Phi) is 7.18. The molecule has 0 bridgehead atoms. The zero-order valence-electron chi connectivity index (χ0n) is 20.1. The fourth-order valence-corrected chi connectivity index (χ4v) is 4.50. The Morgan fingerprint density at radius 2 is 1.97 bits per heavy atom. The summed E-state index contributed by atoms with van der Waals surface area (Å²) in [5, 5.41) is 11.8. The number of hydrogen-bond donors (Lipinski definition) is 2. The Morgan fingerprint density at radius 3 is 2.53 bits per heavy atom. The second-order valence-corrected chi connectivity index (χ2v) is 9.54. The van der Waals surface area contributed by atoms with E-state index >= 15 is 8.78 Å². The van der Waals surface area contributed by atoms with Crippen molar-refractivity contribution in [2.24, 2.45) is 5.92 Å². The number of nitrogens with one attached hydrogen (secondary N) is 1. The first-order valence-electron chi connectivity index (χ1n) is 11.4. The van der Waals surface area contributed by atoms with Crippen LogP contribution in [0, 0.1) is 17.6 Å². The van der Waals surface area contributed by atoms with Gasteiger partial charge in [-0.15, -0.1) is 0 Å². The third-order valence-corrected chi connectivity index (χ3v) is 6.05. The maximum Gasteiger partial charge on any atom is 0.407 e. The van der Waals surface area contributed by atoms with Crippen LogP contribution in [0.5, 0.6) is 0 Å². The molecule has 1 amide bonds. The maximum absolute atomic E-state index is 15.7. The Labute approximate surface area is 196 Å². The van der Waals surface area contributed by atoms with Gasteiger partial charge in [-0.3, -0.25) is 4.79 Å². The molecule has 186 valence electrons. The highest BCUT2D eigenvalue weighted by Crippen LogP contribution is 2.34. The standard InChI is InChI=1S/C24H31F2N3O5/c1-6-17(27-23(33)34-24(3,4)5)13-8-9-29(11-13)20-16(25)10-14-19(18(20)26)28(7-2)12-15(21(14)30)22(31)32/h10,12-13,17H,6-9,11H2,1-5H3,(H,27,33)(H,31,32)/t13-,17-/m0/s1. The van der Waals surface area contributed by atoms with Crippen LogP contribution in [-0.2, 0) is 11.3 Å². The van der Waals surface area contributed by atoms with Crippen LogP contribution in [0.1, 0.15) is 57.8 Å². The van der Waals surface area contributed by atoms with Gasteiger partial charge in [-0.2, -0.15) is 0 Å². The second kappa shape index (κ2) is 9.60. The van der Waals surface area contributed by atoms with Gasteiger partial charge in [-0.1, -0.05) is 6.92 Å². The Balaban J connectivity index is 1.94. The Hall–Kier alpha value is -3.17. The van der Waals surface area contributed by atoms with Crippen LogP contribution in [0.2, 0.25) is 0 Å². The van der Waals surface area contributed by atoms with E-state index in [1.807, 2.05) is 6.92 Å². The fourth-order valence-electron chi connectivity index (χ4n) is 4.50. The van der Waals surface area contributed by atoms with Gasteiger partial charge in [0.2, 0.25) is 5.43 Å². The average molecular weight is 480 g/mol. The number of anilines is 1. The van der Waals surface area contributed by atoms with Crippen molar-refractivity contribution in [3.05, 3.63) is 39.7 Å². The third-order valence-electron chi connectivity index (χ3n) is 6.05. The molecule has 0 spiro atoms. The van der Waals surface area contributed by atoms with Crippen LogP contribution in [-0.4, -0.2) is 46.5 Å². The number of halogens is 2. The van der Waals surface area contributed by atoms with E-state index in [1.165, 1.54) is 4.57 Å². The summed E-state index contributed by atoms with van der Waals surface area (Å²) in [5.74, 6) is -3.35. The number of aryl methyl sites for hydroxylation is 1. The lowest BCUT2D eigenvalue weighted by atomic mass is 9.97. The van der Waals surface area contributed by atoms with Crippen molar-refractivity contribution in [2.75, 3.05) is 18.0 Å². The first kappa shape index (κ1) is 25.5. The van der Waals surface area contributed by atoms with Gasteiger partial charge >= 0.3 is 12.1 Å². The highest BCUT2D eigenvalue weighted by Gasteiger charge is 2.34. The molecular weight excluding hydrogens is 448 g/mol. The lowest BCUT2D eigenvalue weighted by Gasteiger charge is -2.27. The minimum Gasteiger partial charge on any atom is -0.477 e. The Morgan fingerprint density at radius 1 is 1.29 bits per heavy atom. The third kappa shape index (κ3) is 5.00. The van der Waals surface area contributed by atoms with E-state index in [-0.39, 0.29) is 35.1 Å². The van der Waals surface area contributed by atoms with Crippen LogP contribution >= 0.6 is 0 Å². The number of nitrogens with zero attached hydrogens (tertiary/aromatic N) is 2. The predicted molar refractivity (Wildman–Crippen MR) is 125 cm³/mol. The van der Waals surface area contributed by atoms with Crippen molar-refractivity contribution >= 4 is 28.7 Å². The number of carbonyl (C=O) groups excluding carboxylic acids is 1. The number of carboxylic acid groups (broad SMARTS) is 1. The monoisotopic (exact) mass is 479 g/mol. The van der Waals surface area contributed by atoms with E-state index < -0.39 is 40.3 Å². The summed E-state index contributed by atoms with van der Waals surface area (Å²) in [5.41, 5.74) is -2.50. The minimum atomic E-state index is -1.45. The molecule has 1 aromatic heterocycles. The van der Waals surface area contributed by atoms with E-state index in [0.717, 1.165) is 12.3 Å². The highest BCUT2D eigenvalue weighted by molar-refractivity contribution is 5.93. The van der Waals surface area contributed by atoms with Gasteiger partial charge in [0, 0.05) is 31.9 Å². The summed E-state index contributed by atoms with van der Waals surface area (Å²) in [7, 11) is 0. The molecule has 2 heterocycles. The number of carboxylic acids is 1. The molecule has 1 aromatic carbocycles. The lowest BCUT2D eigenvalue weighted by Crippen LogP contribution is -2.43. The second-order valence-electron chi connectivity index (χ2n) is 9.54. The van der Waals surface area contributed by atoms with Gasteiger partial charge in [0.15, 0.2) is 5.82 Å². The number of pyridine rings is 1. The highest BCUT2D eigenvalue weighted by atomic mass is 19.1. The van der Waals surface area contributed by atoms with Crippen molar-refractivity contribution in [3.8, 4) is 0 Å². The first-order valence-corrected chi connectivity index (χ1v) is 11.4. The molecule has 2 atom stereocenters. The number of benzene rings is 1. The summed E-state index contributed by atoms with van der Waals surface area (Å²) >= 11 is 0. The number of rotatable bonds is 6. The Bertz CT molecular complexity index is 1170. The summed E-state index contributed by atoms with van der Waals surface area (Å²) in [6.07, 6.45) is 1.77. The van der Waals surface area contributed by atoms with Crippen molar-refractivity contribution < 1.29 is 28.2 Å². The molecule has 0 aliphatic carbocycles. The van der Waals surface area contributed by atoms with E-state index in [1.54, 1.807) is 32.6 Å². The van der Waals surface area contributed by atoms with Gasteiger partial charge in [0.25, 0.3) is 0 Å². The number of aromatic carboxylic acids is 1. The van der Waals surface area contributed by atoms with Gasteiger partial charge in [0.05, 0.1) is 10.9 Å². The molecule has 10 heteroatoms. The molecule has 2 aromatic rings. The first-order chi connectivity index (χ1) is 15.9. The van der Waals surface area contributed by atoms with Crippen molar-refractivity contribution in [1.29, 1.82) is 0 Å². The average Bonchev–Trinajstić information content (AvgIpc) is 3.20. The summed E-state index contributed by atoms with van der Waals surface area (Å²) in [6, 6.07) is 0.677. The van der Waals surface area contributed by atoms with Crippen molar-refractivity contribution in [3.63, 3.8) is 0 Å². The van der Waals surface area contributed by atoms with Crippen LogP contribution in [0.3, 0.4) is 0 Å².